The summed E-state index contributed by atoms with van der Waals surface area (Å²) in [6, 6.07) is 12.4. The molecular weight excluding hydrogens is 311 g/mol. The molecule has 0 aromatic heterocycles. The number of hydrogen-bond donors (Lipinski definition) is 0. The molecule has 0 N–H and O–H groups in total. The number of ether oxygens (including phenoxy) is 2. The van der Waals surface area contributed by atoms with E-state index in [-0.39, 0.29) is 18.0 Å². The number of fused-ring (bicyclic) bond motifs is 1. The second-order valence-corrected chi connectivity index (χ2v) is 5.41. The van der Waals surface area contributed by atoms with E-state index in [4.69, 9.17) is 9.47 Å². The lowest BCUT2D eigenvalue weighted by molar-refractivity contribution is -0.141. The number of Topliss-reactive ketones (excluding diaryl/α,β-unsaturated/α-hetero) is 1. The van der Waals surface area contributed by atoms with Crippen LogP contribution in [0.4, 0.5) is 4.39 Å². The van der Waals surface area contributed by atoms with Crippen LogP contribution in [0, 0.1) is 5.82 Å². The molecule has 0 bridgehead atoms. The third kappa shape index (κ3) is 3.35. The molecule has 0 amide bonds. The minimum atomic E-state index is -0.971. The first-order valence-corrected chi connectivity index (χ1v) is 7.48. The van der Waals surface area contributed by atoms with Crippen molar-refractivity contribution in [1.29, 1.82) is 0 Å². The van der Waals surface area contributed by atoms with E-state index in [1.807, 2.05) is 24.3 Å². The maximum absolute atomic E-state index is 12.9. The summed E-state index contributed by atoms with van der Waals surface area (Å²) < 4.78 is 23.6. The normalized spacial score (nSPS) is 14.0. The molecule has 24 heavy (non-hydrogen) atoms. The molecule has 0 saturated heterocycles. The molecule has 1 aliphatic rings. The summed E-state index contributed by atoms with van der Waals surface area (Å²) in [6.45, 7) is 1.58. The molecule has 0 spiro atoms. The standard InChI is InChI=1S/C19H15FO4/c1-12(18(21)13-6-8-16(20)9-7-13)24-19(22)15-10-14-4-2-3-5-17(14)23-11-15/h2-10,12H,11H2,1H3. The molecule has 4 nitrogen and oxygen atoms in total. The molecule has 1 aliphatic heterocycles. The first kappa shape index (κ1) is 15.9. The monoisotopic (exact) mass is 326 g/mol. The number of para-hydroxylation sites is 1. The van der Waals surface area contributed by atoms with Crippen molar-refractivity contribution in [3.05, 3.63) is 71.0 Å². The Morgan fingerprint density at radius 3 is 2.58 bits per heavy atom. The van der Waals surface area contributed by atoms with Crippen molar-refractivity contribution in [2.45, 2.75) is 13.0 Å². The second-order valence-electron chi connectivity index (χ2n) is 5.41. The SMILES string of the molecule is CC(OC(=O)C1=Cc2ccccc2OC1)C(=O)c1ccc(F)cc1. The van der Waals surface area contributed by atoms with E-state index >= 15 is 0 Å². The van der Waals surface area contributed by atoms with Gasteiger partial charge in [-0.1, -0.05) is 18.2 Å². The van der Waals surface area contributed by atoms with Gasteiger partial charge in [-0.15, -0.1) is 0 Å². The van der Waals surface area contributed by atoms with Crippen LogP contribution in [0.25, 0.3) is 6.08 Å². The van der Waals surface area contributed by atoms with Gasteiger partial charge in [-0.2, -0.15) is 0 Å². The van der Waals surface area contributed by atoms with E-state index in [0.29, 0.717) is 11.3 Å². The summed E-state index contributed by atoms with van der Waals surface area (Å²) >= 11 is 0. The number of rotatable bonds is 4. The highest BCUT2D eigenvalue weighted by Crippen LogP contribution is 2.26. The summed E-state index contributed by atoms with van der Waals surface area (Å²) in [6.07, 6.45) is 0.719. The topological polar surface area (TPSA) is 52.6 Å². The number of ketones is 1. The van der Waals surface area contributed by atoms with E-state index in [2.05, 4.69) is 0 Å². The molecule has 5 heteroatoms. The van der Waals surface area contributed by atoms with Crippen molar-refractivity contribution < 1.29 is 23.5 Å². The van der Waals surface area contributed by atoms with Gasteiger partial charge in [-0.3, -0.25) is 4.79 Å². The zero-order chi connectivity index (χ0) is 17.1. The summed E-state index contributed by atoms with van der Waals surface area (Å²) in [7, 11) is 0. The van der Waals surface area contributed by atoms with Gasteiger partial charge in [-0.05, 0) is 43.3 Å². The number of benzene rings is 2. The van der Waals surface area contributed by atoms with Crippen molar-refractivity contribution in [3.8, 4) is 5.75 Å². The molecule has 1 unspecified atom stereocenters. The fourth-order valence-electron chi connectivity index (χ4n) is 2.37. The molecule has 0 aliphatic carbocycles. The summed E-state index contributed by atoms with van der Waals surface area (Å²) in [5, 5.41) is 0. The molecule has 0 saturated carbocycles. The molecular formula is C19H15FO4. The largest absolute Gasteiger partial charge is 0.488 e. The van der Waals surface area contributed by atoms with Crippen molar-refractivity contribution in [3.63, 3.8) is 0 Å². The number of halogens is 1. The summed E-state index contributed by atoms with van der Waals surface area (Å²) in [5.41, 5.74) is 1.41. The van der Waals surface area contributed by atoms with Gasteiger partial charge < -0.3 is 9.47 Å². The van der Waals surface area contributed by atoms with Crippen LogP contribution >= 0.6 is 0 Å². The lowest BCUT2D eigenvalue weighted by atomic mass is 10.1. The Morgan fingerprint density at radius 1 is 1.12 bits per heavy atom. The highest BCUT2D eigenvalue weighted by atomic mass is 19.1. The average Bonchev–Trinajstić information content (AvgIpc) is 2.61. The lowest BCUT2D eigenvalue weighted by Crippen LogP contribution is -2.27. The first-order valence-electron chi connectivity index (χ1n) is 7.48. The van der Waals surface area contributed by atoms with Crippen molar-refractivity contribution in [2.24, 2.45) is 0 Å². The molecule has 2 aromatic carbocycles. The molecule has 1 heterocycles. The minimum Gasteiger partial charge on any atom is -0.488 e. The van der Waals surface area contributed by atoms with Crippen LogP contribution in [-0.2, 0) is 9.53 Å². The van der Waals surface area contributed by atoms with Crippen LogP contribution in [0.5, 0.6) is 5.75 Å². The number of carbonyl (C=O) groups is 2. The second kappa shape index (κ2) is 6.66. The predicted octanol–water partition coefficient (Wildman–Crippen LogP) is 3.42. The van der Waals surface area contributed by atoms with E-state index in [1.54, 1.807) is 6.08 Å². The highest BCUT2D eigenvalue weighted by Gasteiger charge is 2.24. The molecule has 0 fully saturated rings. The van der Waals surface area contributed by atoms with E-state index in [0.717, 1.165) is 5.56 Å². The van der Waals surface area contributed by atoms with Crippen LogP contribution in [-0.4, -0.2) is 24.5 Å². The zero-order valence-electron chi connectivity index (χ0n) is 13.0. The summed E-state index contributed by atoms with van der Waals surface area (Å²) in [4.78, 5) is 24.4. The predicted molar refractivity (Wildman–Crippen MR) is 86.2 cm³/mol. The minimum absolute atomic E-state index is 0.0906. The van der Waals surface area contributed by atoms with Gasteiger partial charge >= 0.3 is 5.97 Å². The Morgan fingerprint density at radius 2 is 1.83 bits per heavy atom. The van der Waals surface area contributed by atoms with Crippen LogP contribution in [0.1, 0.15) is 22.8 Å². The number of carbonyl (C=O) groups excluding carboxylic acids is 2. The fourth-order valence-corrected chi connectivity index (χ4v) is 2.37. The van der Waals surface area contributed by atoms with Crippen LogP contribution in [0.15, 0.2) is 54.1 Å². The van der Waals surface area contributed by atoms with E-state index < -0.39 is 17.9 Å². The van der Waals surface area contributed by atoms with Gasteiger partial charge in [0.15, 0.2) is 6.10 Å². The highest BCUT2D eigenvalue weighted by molar-refractivity contribution is 6.02. The third-order valence-electron chi connectivity index (χ3n) is 3.68. The van der Waals surface area contributed by atoms with Gasteiger partial charge in [0.05, 0.1) is 5.57 Å². The van der Waals surface area contributed by atoms with Gasteiger partial charge in [0.2, 0.25) is 5.78 Å². The Balaban J connectivity index is 1.69. The maximum atomic E-state index is 12.9. The van der Waals surface area contributed by atoms with E-state index in [1.165, 1.54) is 31.2 Å². The molecule has 0 radical (unpaired) electrons. The smallest absolute Gasteiger partial charge is 0.338 e. The molecule has 3 rings (SSSR count). The molecule has 1 atom stereocenters. The Labute approximate surface area is 138 Å². The van der Waals surface area contributed by atoms with Gasteiger partial charge in [-0.25, -0.2) is 9.18 Å². The Kier molecular flexibility index (Phi) is 4.42. The zero-order valence-corrected chi connectivity index (χ0v) is 13.0. The fraction of sp³-hybridized carbons (Fsp3) is 0.158. The summed E-state index contributed by atoms with van der Waals surface area (Å²) in [5.74, 6) is -0.725. The van der Waals surface area contributed by atoms with E-state index in [9.17, 15) is 14.0 Å². The van der Waals surface area contributed by atoms with Gasteiger partial charge in [0.25, 0.3) is 0 Å². The van der Waals surface area contributed by atoms with Gasteiger partial charge in [0, 0.05) is 11.1 Å². The first-order chi connectivity index (χ1) is 11.5. The quantitative estimate of drug-likeness (QED) is 0.638. The average molecular weight is 326 g/mol. The van der Waals surface area contributed by atoms with Crippen molar-refractivity contribution in [2.75, 3.05) is 6.61 Å². The maximum Gasteiger partial charge on any atom is 0.338 e. The van der Waals surface area contributed by atoms with Crippen LogP contribution in [0.2, 0.25) is 0 Å². The molecule has 122 valence electrons. The van der Waals surface area contributed by atoms with Crippen molar-refractivity contribution in [1.82, 2.24) is 0 Å². The Hall–Kier alpha value is -2.95. The Bertz CT molecular complexity index is 808. The van der Waals surface area contributed by atoms with Crippen molar-refractivity contribution >= 4 is 17.8 Å². The lowest BCUT2D eigenvalue weighted by Gasteiger charge is -2.18. The third-order valence-corrected chi connectivity index (χ3v) is 3.68. The molecule has 2 aromatic rings. The van der Waals surface area contributed by atoms with Crippen LogP contribution < -0.4 is 4.74 Å². The number of hydrogen-bond acceptors (Lipinski definition) is 4. The van der Waals surface area contributed by atoms with Gasteiger partial charge in [0.1, 0.15) is 18.2 Å². The number of esters is 1. The van der Waals surface area contributed by atoms with Crippen LogP contribution in [0.3, 0.4) is 0 Å².